The lowest BCUT2D eigenvalue weighted by Gasteiger charge is -2.32. The number of hydrogen-bond acceptors (Lipinski definition) is 5. The van der Waals surface area contributed by atoms with Crippen molar-refractivity contribution in [2.45, 2.75) is 38.8 Å². The van der Waals surface area contributed by atoms with Crippen LogP contribution in [0.1, 0.15) is 47.0 Å². The van der Waals surface area contributed by atoms with Crippen LogP contribution in [0.4, 0.5) is 0 Å². The van der Waals surface area contributed by atoms with Crippen LogP contribution in [0.3, 0.4) is 0 Å². The molecule has 1 fully saturated rings. The molecular formula is C30H32N4O5. The Hall–Kier alpha value is -4.40. The zero-order chi connectivity index (χ0) is 27.7. The van der Waals surface area contributed by atoms with Gasteiger partial charge in [0.05, 0.1) is 24.7 Å². The van der Waals surface area contributed by atoms with Gasteiger partial charge in [-0.25, -0.2) is 0 Å². The summed E-state index contributed by atoms with van der Waals surface area (Å²) >= 11 is 0. The summed E-state index contributed by atoms with van der Waals surface area (Å²) in [6.07, 6.45) is 1.77. The molecule has 1 saturated heterocycles. The molecule has 2 aromatic heterocycles. The second-order valence-electron chi connectivity index (χ2n) is 9.84. The first-order chi connectivity index (χ1) is 18.8. The Kier molecular flexibility index (Phi) is 7.24. The van der Waals surface area contributed by atoms with Crippen molar-refractivity contribution in [3.8, 4) is 5.75 Å². The first kappa shape index (κ1) is 26.2. The Labute approximate surface area is 226 Å². The largest absolute Gasteiger partial charge is 0.493 e. The van der Waals surface area contributed by atoms with Crippen molar-refractivity contribution >= 4 is 39.4 Å². The minimum absolute atomic E-state index is 0.0991. The normalized spacial score (nSPS) is 14.1. The van der Waals surface area contributed by atoms with E-state index in [0.29, 0.717) is 48.9 Å². The minimum atomic E-state index is -0.397. The summed E-state index contributed by atoms with van der Waals surface area (Å²) in [6, 6.07) is 16.1. The van der Waals surface area contributed by atoms with E-state index in [2.05, 4.69) is 5.32 Å². The topological polar surface area (TPSA) is 103 Å². The molecule has 0 radical (unpaired) electrons. The van der Waals surface area contributed by atoms with Gasteiger partial charge in [0.25, 0.3) is 11.5 Å². The SMILES string of the molecule is CCC(=O)N1CCC(NC(=O)c2c(OC)c3c(=O)n(CC(=O)c4ccccc4)c4ccccc4c3n2C)CC1. The molecule has 202 valence electrons. The lowest BCUT2D eigenvalue weighted by Crippen LogP contribution is -2.46. The summed E-state index contributed by atoms with van der Waals surface area (Å²) < 4.78 is 8.85. The van der Waals surface area contributed by atoms with Gasteiger partial charge in [0.2, 0.25) is 5.91 Å². The van der Waals surface area contributed by atoms with Crippen molar-refractivity contribution in [1.82, 2.24) is 19.4 Å². The molecule has 1 aliphatic heterocycles. The quantitative estimate of drug-likeness (QED) is 0.370. The molecule has 39 heavy (non-hydrogen) atoms. The molecule has 1 aliphatic rings. The second kappa shape index (κ2) is 10.8. The van der Waals surface area contributed by atoms with Gasteiger partial charge in [-0.1, -0.05) is 55.5 Å². The van der Waals surface area contributed by atoms with Crippen LogP contribution in [0.2, 0.25) is 0 Å². The van der Waals surface area contributed by atoms with E-state index >= 15 is 0 Å². The number of piperidine rings is 1. The summed E-state index contributed by atoms with van der Waals surface area (Å²) in [6.45, 7) is 2.88. The van der Waals surface area contributed by atoms with Crippen LogP contribution in [-0.4, -0.2) is 57.9 Å². The molecule has 1 N–H and O–H groups in total. The van der Waals surface area contributed by atoms with Crippen LogP contribution >= 0.6 is 0 Å². The third-order valence-electron chi connectivity index (χ3n) is 7.56. The summed E-state index contributed by atoms with van der Waals surface area (Å²) in [5, 5.41) is 4.08. The summed E-state index contributed by atoms with van der Waals surface area (Å²) in [5.41, 5.74) is 1.53. The number of nitrogens with zero attached hydrogens (tertiary/aromatic N) is 3. The van der Waals surface area contributed by atoms with Gasteiger partial charge >= 0.3 is 0 Å². The number of para-hydroxylation sites is 1. The van der Waals surface area contributed by atoms with Gasteiger partial charge in [-0.3, -0.25) is 23.7 Å². The lowest BCUT2D eigenvalue weighted by atomic mass is 10.0. The van der Waals surface area contributed by atoms with E-state index in [1.807, 2.05) is 36.1 Å². The molecule has 0 aliphatic carbocycles. The van der Waals surface area contributed by atoms with Crippen LogP contribution in [0.25, 0.3) is 21.8 Å². The number of hydrogen-bond donors (Lipinski definition) is 1. The molecule has 0 unspecified atom stereocenters. The van der Waals surface area contributed by atoms with Gasteiger partial charge in [0.15, 0.2) is 17.2 Å². The molecule has 2 amide bonds. The zero-order valence-corrected chi connectivity index (χ0v) is 22.4. The predicted octanol–water partition coefficient (Wildman–Crippen LogP) is 3.52. The second-order valence-corrected chi connectivity index (χ2v) is 9.84. The first-order valence-electron chi connectivity index (χ1n) is 13.2. The number of Topliss-reactive ketones (excluding diaryl/α,β-unsaturated/α-hetero) is 1. The number of carbonyl (C=O) groups excluding carboxylic acids is 3. The molecule has 0 atom stereocenters. The first-order valence-corrected chi connectivity index (χ1v) is 13.2. The third-order valence-corrected chi connectivity index (χ3v) is 7.56. The molecule has 3 heterocycles. The number of aromatic nitrogens is 2. The Balaban J connectivity index is 1.56. The summed E-state index contributed by atoms with van der Waals surface area (Å²) in [7, 11) is 3.18. The van der Waals surface area contributed by atoms with E-state index in [0.717, 1.165) is 5.39 Å². The molecular weight excluding hydrogens is 496 g/mol. The van der Waals surface area contributed by atoms with Crippen LogP contribution in [0, 0.1) is 0 Å². The van der Waals surface area contributed by atoms with Crippen LogP contribution in [0.5, 0.6) is 5.75 Å². The van der Waals surface area contributed by atoms with Gasteiger partial charge < -0.3 is 19.5 Å². The van der Waals surface area contributed by atoms with Crippen molar-refractivity contribution < 1.29 is 19.1 Å². The van der Waals surface area contributed by atoms with Crippen LogP contribution < -0.4 is 15.6 Å². The van der Waals surface area contributed by atoms with E-state index < -0.39 is 5.56 Å². The molecule has 0 spiro atoms. The molecule has 4 aromatic rings. The highest BCUT2D eigenvalue weighted by Gasteiger charge is 2.30. The van der Waals surface area contributed by atoms with Gasteiger partial charge in [0, 0.05) is 43.5 Å². The van der Waals surface area contributed by atoms with Gasteiger partial charge in [-0.15, -0.1) is 0 Å². The van der Waals surface area contributed by atoms with E-state index in [1.165, 1.54) is 11.7 Å². The molecule has 9 nitrogen and oxygen atoms in total. The van der Waals surface area contributed by atoms with E-state index in [4.69, 9.17) is 4.74 Å². The smallest absolute Gasteiger partial charge is 0.272 e. The number of benzene rings is 2. The third kappa shape index (κ3) is 4.69. The number of rotatable bonds is 7. The maximum atomic E-state index is 13.9. The Bertz CT molecular complexity index is 1630. The van der Waals surface area contributed by atoms with Crippen molar-refractivity contribution in [3.05, 3.63) is 76.2 Å². The molecule has 5 rings (SSSR count). The maximum Gasteiger partial charge on any atom is 0.272 e. The summed E-state index contributed by atoms with van der Waals surface area (Å²) in [5.74, 6) is -0.242. The number of nitrogens with one attached hydrogen (secondary N) is 1. The maximum absolute atomic E-state index is 13.9. The molecule has 9 heteroatoms. The van der Waals surface area contributed by atoms with E-state index in [1.54, 1.807) is 41.9 Å². The fourth-order valence-electron chi connectivity index (χ4n) is 5.55. The van der Waals surface area contributed by atoms with E-state index in [9.17, 15) is 19.2 Å². The average Bonchev–Trinajstić information content (AvgIpc) is 3.28. The highest BCUT2D eigenvalue weighted by atomic mass is 16.5. The number of carbonyl (C=O) groups is 3. The zero-order valence-electron chi connectivity index (χ0n) is 22.4. The number of likely N-dealkylation sites (tertiary alicyclic amines) is 1. The molecule has 0 bridgehead atoms. The highest BCUT2D eigenvalue weighted by molar-refractivity contribution is 6.12. The Morgan fingerprint density at radius 1 is 1.00 bits per heavy atom. The minimum Gasteiger partial charge on any atom is -0.493 e. The predicted molar refractivity (Wildman–Crippen MR) is 149 cm³/mol. The highest BCUT2D eigenvalue weighted by Crippen LogP contribution is 2.35. The monoisotopic (exact) mass is 528 g/mol. The van der Waals surface area contributed by atoms with Gasteiger partial charge in [0.1, 0.15) is 5.39 Å². The van der Waals surface area contributed by atoms with Crippen LogP contribution in [0.15, 0.2) is 59.4 Å². The van der Waals surface area contributed by atoms with Gasteiger partial charge in [-0.05, 0) is 18.9 Å². The number of ether oxygens (including phenoxy) is 1. The number of fused-ring (bicyclic) bond motifs is 3. The van der Waals surface area contributed by atoms with Crippen molar-refractivity contribution in [2.75, 3.05) is 20.2 Å². The number of methoxy groups -OCH3 is 1. The molecule has 2 aromatic carbocycles. The van der Waals surface area contributed by atoms with Crippen LogP contribution in [-0.2, 0) is 18.4 Å². The van der Waals surface area contributed by atoms with Crippen molar-refractivity contribution in [1.29, 1.82) is 0 Å². The average molecular weight is 529 g/mol. The van der Waals surface area contributed by atoms with Crippen molar-refractivity contribution in [2.24, 2.45) is 7.05 Å². The number of aryl methyl sites for hydroxylation is 1. The van der Waals surface area contributed by atoms with Gasteiger partial charge in [-0.2, -0.15) is 0 Å². The fraction of sp³-hybridized carbons (Fsp3) is 0.333. The molecule has 0 saturated carbocycles. The lowest BCUT2D eigenvalue weighted by molar-refractivity contribution is -0.131. The van der Waals surface area contributed by atoms with E-state index in [-0.39, 0.29) is 47.0 Å². The number of ketones is 1. The Morgan fingerprint density at radius 3 is 2.33 bits per heavy atom. The summed E-state index contributed by atoms with van der Waals surface area (Å²) in [4.78, 5) is 54.5. The Morgan fingerprint density at radius 2 is 1.67 bits per heavy atom. The standard InChI is InChI=1S/C30H32N4O5/c1-4-24(36)33-16-14-20(15-17-33)31-29(37)27-28(39-3)25-26(32(27)2)21-12-8-9-13-22(21)34(30(25)38)18-23(35)19-10-6-5-7-11-19/h5-13,20H,4,14-18H2,1-3H3,(H,31,37). The van der Waals surface area contributed by atoms with Crippen molar-refractivity contribution in [3.63, 3.8) is 0 Å². The fourth-order valence-corrected chi connectivity index (χ4v) is 5.55. The number of amides is 2. The number of pyridine rings is 1.